The minimum atomic E-state index is -0.563. The fourth-order valence-corrected chi connectivity index (χ4v) is 6.33. The summed E-state index contributed by atoms with van der Waals surface area (Å²) in [5, 5.41) is 0. The number of carbonyl (C=O) groups excluding carboxylic acids is 3. The van der Waals surface area contributed by atoms with Crippen molar-refractivity contribution in [2.45, 2.75) is 26.7 Å². The highest BCUT2D eigenvalue weighted by atomic mass is 16.6. The SMILES string of the molecule is CCCCOC(=O)C1=CC=C2C3=CC=C4C(=O)OC(=O)C5=CC=C(C6=CC=CC1C62)[C@@]3(C)C54. The van der Waals surface area contributed by atoms with Crippen LogP contribution in [-0.4, -0.2) is 24.5 Å². The number of hydrogen-bond donors (Lipinski definition) is 0. The lowest BCUT2D eigenvalue weighted by atomic mass is 9.47. The molecule has 0 aromatic carbocycles. The third-order valence-corrected chi connectivity index (χ3v) is 7.85. The second-order valence-electron chi connectivity index (χ2n) is 9.46. The van der Waals surface area contributed by atoms with Gasteiger partial charge in [-0.15, -0.1) is 0 Å². The number of rotatable bonds is 4. The number of esters is 3. The van der Waals surface area contributed by atoms with Gasteiger partial charge in [-0.05, 0) is 28.7 Å². The van der Waals surface area contributed by atoms with E-state index in [2.05, 4.69) is 26.0 Å². The summed E-state index contributed by atoms with van der Waals surface area (Å²) >= 11 is 0. The van der Waals surface area contributed by atoms with Gasteiger partial charge in [0.05, 0.1) is 6.61 Å². The Kier molecular flexibility index (Phi) is 4.28. The number of ether oxygens (including phenoxy) is 2. The molecule has 5 heteroatoms. The molecule has 0 amide bonds. The van der Waals surface area contributed by atoms with E-state index in [-0.39, 0.29) is 23.7 Å². The normalized spacial score (nSPS) is 32.5. The fourth-order valence-electron chi connectivity index (χ4n) is 6.33. The van der Waals surface area contributed by atoms with Crippen LogP contribution >= 0.6 is 0 Å². The summed E-state index contributed by atoms with van der Waals surface area (Å²) in [4.78, 5) is 38.0. The maximum Gasteiger partial charge on any atom is 0.342 e. The molecule has 1 saturated carbocycles. The Hall–Kier alpha value is -3.47. The molecule has 2 fully saturated rings. The van der Waals surface area contributed by atoms with Crippen LogP contribution in [0.5, 0.6) is 0 Å². The number of cyclic esters (lactones) is 2. The number of hydrogen-bond acceptors (Lipinski definition) is 5. The highest BCUT2D eigenvalue weighted by Crippen LogP contribution is 2.65. The van der Waals surface area contributed by atoms with Crippen LogP contribution in [0.1, 0.15) is 26.7 Å². The van der Waals surface area contributed by atoms with Gasteiger partial charge >= 0.3 is 17.9 Å². The number of carbonyl (C=O) groups is 3. The standard InChI is InChI=1S/C28H24O5/c1-3-4-14-32-25(29)16-8-9-18-22-13-11-20-24-19(26(30)33-27(20)31)10-12-21(28(22,24)2)17-7-5-6-15(16)23(17)18/h5-13,15,23-24H,3-4,14H2,1-2H3/t15?,23?,24?,28-/m1/s1. The first kappa shape index (κ1) is 20.2. The summed E-state index contributed by atoms with van der Waals surface area (Å²) in [5.41, 5.74) is 5.59. The quantitative estimate of drug-likeness (QED) is 0.369. The first-order valence-corrected chi connectivity index (χ1v) is 11.6. The average Bonchev–Trinajstić information content (AvgIpc) is 2.80. The van der Waals surface area contributed by atoms with Crippen molar-refractivity contribution in [3.63, 3.8) is 0 Å². The molecular formula is C28H24O5. The van der Waals surface area contributed by atoms with Gasteiger partial charge in [-0.3, -0.25) is 0 Å². The van der Waals surface area contributed by atoms with E-state index in [1.165, 1.54) is 0 Å². The monoisotopic (exact) mass is 440 g/mol. The smallest absolute Gasteiger partial charge is 0.342 e. The van der Waals surface area contributed by atoms with Crippen LogP contribution in [0.25, 0.3) is 0 Å². The molecule has 4 atom stereocenters. The maximum atomic E-state index is 12.9. The van der Waals surface area contributed by atoms with E-state index in [1.54, 1.807) is 12.2 Å². The van der Waals surface area contributed by atoms with Crippen molar-refractivity contribution in [2.75, 3.05) is 6.61 Å². The Balaban J connectivity index is 1.52. The lowest BCUT2D eigenvalue weighted by Crippen LogP contribution is -2.50. The Labute approximate surface area is 192 Å². The Morgan fingerprint density at radius 3 is 2.24 bits per heavy atom. The van der Waals surface area contributed by atoms with Gasteiger partial charge in [-0.1, -0.05) is 75.0 Å². The molecule has 1 aliphatic heterocycles. The number of allylic oxidation sites excluding steroid dienone is 13. The van der Waals surface area contributed by atoms with Crippen molar-refractivity contribution in [1.82, 2.24) is 0 Å². The molecule has 6 aliphatic rings. The predicted molar refractivity (Wildman–Crippen MR) is 121 cm³/mol. The molecule has 0 spiro atoms. The largest absolute Gasteiger partial charge is 0.462 e. The maximum absolute atomic E-state index is 12.9. The molecule has 5 nitrogen and oxygen atoms in total. The molecule has 1 saturated heterocycles. The van der Waals surface area contributed by atoms with Gasteiger partial charge in [0.2, 0.25) is 0 Å². The Morgan fingerprint density at radius 1 is 0.939 bits per heavy atom. The van der Waals surface area contributed by atoms with Crippen molar-refractivity contribution >= 4 is 17.9 Å². The van der Waals surface area contributed by atoms with Gasteiger partial charge in [-0.2, -0.15) is 0 Å². The average molecular weight is 440 g/mol. The summed E-state index contributed by atoms with van der Waals surface area (Å²) in [6.45, 7) is 4.61. The number of fused-ring (bicyclic) bond motifs is 2. The number of unbranched alkanes of at least 4 members (excludes halogenated alkanes) is 1. The third-order valence-electron chi connectivity index (χ3n) is 7.85. The van der Waals surface area contributed by atoms with Crippen LogP contribution in [0, 0.1) is 23.2 Å². The zero-order valence-electron chi connectivity index (χ0n) is 18.6. The first-order valence-electron chi connectivity index (χ1n) is 11.6. The second kappa shape index (κ2) is 7.01. The molecule has 5 aliphatic carbocycles. The molecular weight excluding hydrogens is 416 g/mol. The van der Waals surface area contributed by atoms with Crippen LogP contribution in [0.3, 0.4) is 0 Å². The van der Waals surface area contributed by atoms with Crippen LogP contribution in [0.4, 0.5) is 0 Å². The van der Waals surface area contributed by atoms with Crippen molar-refractivity contribution < 1.29 is 23.9 Å². The third kappa shape index (κ3) is 2.56. The molecule has 6 rings (SSSR count). The van der Waals surface area contributed by atoms with Gasteiger partial charge < -0.3 is 9.47 Å². The molecule has 0 radical (unpaired) electrons. The highest BCUT2D eigenvalue weighted by molar-refractivity contribution is 6.09. The van der Waals surface area contributed by atoms with Gasteiger partial charge in [-0.25, -0.2) is 14.4 Å². The lowest BCUT2D eigenvalue weighted by molar-refractivity contribution is -0.157. The van der Waals surface area contributed by atoms with E-state index in [0.29, 0.717) is 23.3 Å². The van der Waals surface area contributed by atoms with E-state index >= 15 is 0 Å². The fraction of sp³-hybridized carbons (Fsp3) is 0.321. The van der Waals surface area contributed by atoms with Gasteiger partial charge in [0.15, 0.2) is 0 Å². The van der Waals surface area contributed by atoms with Crippen molar-refractivity contribution in [3.8, 4) is 0 Å². The van der Waals surface area contributed by atoms with Crippen LogP contribution < -0.4 is 0 Å². The summed E-state index contributed by atoms with van der Waals surface area (Å²) in [7, 11) is 0. The Bertz CT molecular complexity index is 1270. The van der Waals surface area contributed by atoms with Gasteiger partial charge in [0, 0.05) is 39.9 Å². The minimum Gasteiger partial charge on any atom is -0.462 e. The lowest BCUT2D eigenvalue weighted by Gasteiger charge is -2.55. The summed E-state index contributed by atoms with van der Waals surface area (Å²) in [6.07, 6.45) is 19.5. The van der Waals surface area contributed by atoms with Gasteiger partial charge in [0.25, 0.3) is 0 Å². The summed E-state index contributed by atoms with van der Waals surface area (Å²) < 4.78 is 10.6. The topological polar surface area (TPSA) is 69.7 Å². The Morgan fingerprint density at radius 2 is 1.58 bits per heavy atom. The summed E-state index contributed by atoms with van der Waals surface area (Å²) in [5.74, 6) is -1.88. The minimum absolute atomic E-state index is 0.00422. The van der Waals surface area contributed by atoms with E-state index in [4.69, 9.17) is 9.47 Å². The summed E-state index contributed by atoms with van der Waals surface area (Å²) in [6, 6.07) is 0. The zero-order chi connectivity index (χ0) is 22.9. The molecule has 3 unspecified atom stereocenters. The van der Waals surface area contributed by atoms with E-state index in [0.717, 1.165) is 35.1 Å². The predicted octanol–water partition coefficient (Wildman–Crippen LogP) is 4.38. The van der Waals surface area contributed by atoms with Crippen LogP contribution in [0.15, 0.2) is 93.7 Å². The van der Waals surface area contributed by atoms with Crippen molar-refractivity contribution in [1.29, 1.82) is 0 Å². The van der Waals surface area contributed by atoms with E-state index < -0.39 is 17.4 Å². The van der Waals surface area contributed by atoms with E-state index in [9.17, 15) is 14.4 Å². The molecule has 0 N–H and O–H groups in total. The molecule has 33 heavy (non-hydrogen) atoms. The first-order chi connectivity index (χ1) is 16.0. The molecule has 0 aromatic heterocycles. The molecule has 0 aromatic rings. The van der Waals surface area contributed by atoms with Crippen LogP contribution in [-0.2, 0) is 23.9 Å². The highest BCUT2D eigenvalue weighted by Gasteiger charge is 2.59. The second-order valence-corrected chi connectivity index (χ2v) is 9.46. The molecule has 1 heterocycles. The van der Waals surface area contributed by atoms with Gasteiger partial charge in [0.1, 0.15) is 0 Å². The van der Waals surface area contributed by atoms with E-state index in [1.807, 2.05) is 30.4 Å². The van der Waals surface area contributed by atoms with Crippen molar-refractivity contribution in [2.24, 2.45) is 23.2 Å². The zero-order valence-corrected chi connectivity index (χ0v) is 18.6. The van der Waals surface area contributed by atoms with Crippen LogP contribution in [0.2, 0.25) is 0 Å². The van der Waals surface area contributed by atoms with Crippen molar-refractivity contribution in [3.05, 3.63) is 93.7 Å². The molecule has 166 valence electrons. The molecule has 0 bridgehead atoms.